The average molecular weight is 1860 g/mol. The topological polar surface area (TPSA) is 166 Å². The summed E-state index contributed by atoms with van der Waals surface area (Å²) in [5.41, 5.74) is 32.5. The summed E-state index contributed by atoms with van der Waals surface area (Å²) < 4.78 is 16.0. The molecule has 0 atom stereocenters. The van der Waals surface area contributed by atoms with E-state index < -0.39 is 0 Å². The molecule has 8 aromatic heterocycles. The highest BCUT2D eigenvalue weighted by Gasteiger charge is 2.37. The van der Waals surface area contributed by atoms with Crippen molar-refractivity contribution in [2.45, 2.75) is 19.3 Å². The minimum atomic E-state index is -0.120. The van der Waals surface area contributed by atoms with Crippen molar-refractivity contribution in [3.05, 3.63) is 483 Å². The van der Waals surface area contributed by atoms with Crippen molar-refractivity contribution in [2.75, 3.05) is 0 Å². The summed E-state index contributed by atoms with van der Waals surface area (Å²) in [6.45, 7) is 4.69. The van der Waals surface area contributed by atoms with E-state index in [2.05, 4.69) is 331 Å². The first-order valence-electron chi connectivity index (χ1n) is 48.1. The van der Waals surface area contributed by atoms with Crippen molar-refractivity contribution < 1.29 is 4.42 Å². The number of rotatable bonds is 13. The molecular weight excluding hydrogens is 1780 g/mol. The molecule has 27 aromatic rings. The Morgan fingerprint density at radius 2 is 0.597 bits per heavy atom. The van der Waals surface area contributed by atoms with Crippen molar-refractivity contribution in [2.24, 2.45) is 0 Å². The third kappa shape index (κ3) is 15.1. The van der Waals surface area contributed by atoms with Crippen LogP contribution in [0.3, 0.4) is 0 Å². The van der Waals surface area contributed by atoms with Gasteiger partial charge in [0.15, 0.2) is 29.1 Å². The Bertz CT molecular complexity index is 9450. The Kier molecular flexibility index (Phi) is 20.9. The van der Waals surface area contributed by atoms with Crippen LogP contribution in [0.1, 0.15) is 36.1 Å². The van der Waals surface area contributed by atoms with E-state index in [0.717, 1.165) is 145 Å². The predicted molar refractivity (Wildman–Crippen MR) is 588 cm³/mol. The maximum absolute atomic E-state index is 9.33. The van der Waals surface area contributed by atoms with Gasteiger partial charge in [0.2, 0.25) is 0 Å². The van der Waals surface area contributed by atoms with Gasteiger partial charge in [0.25, 0.3) is 0 Å². The van der Waals surface area contributed by atoms with Crippen LogP contribution >= 0.6 is 11.3 Å². The summed E-state index contributed by atoms with van der Waals surface area (Å²) in [6.07, 6.45) is 0. The Balaban J connectivity index is 0.000000110. The van der Waals surface area contributed by atoms with Gasteiger partial charge >= 0.3 is 0 Å². The first kappa shape index (κ1) is 85.2. The molecule has 0 N–H and O–H groups in total. The molecule has 8 heterocycles. The second-order valence-electron chi connectivity index (χ2n) is 36.9. The second-order valence-corrected chi connectivity index (χ2v) is 38.0. The maximum Gasteiger partial charge on any atom is 0.164 e. The third-order valence-corrected chi connectivity index (χ3v) is 29.0. The van der Waals surface area contributed by atoms with E-state index in [1.807, 2.05) is 181 Å². The van der Waals surface area contributed by atoms with E-state index in [1.54, 1.807) is 0 Å². The van der Waals surface area contributed by atoms with Crippen LogP contribution in [0.15, 0.2) is 465 Å². The molecule has 144 heavy (non-hydrogen) atoms. The molecule has 0 radical (unpaired) electrons. The van der Waals surface area contributed by atoms with Gasteiger partial charge in [0.1, 0.15) is 11.2 Å². The minimum Gasteiger partial charge on any atom is -0.456 e. The van der Waals surface area contributed by atoms with E-state index in [0.29, 0.717) is 40.2 Å². The first-order chi connectivity index (χ1) is 71.0. The number of fused-ring (bicyclic) bond motifs is 18. The largest absolute Gasteiger partial charge is 0.456 e. The zero-order valence-corrected chi connectivity index (χ0v) is 78.9. The molecule has 0 bridgehead atoms. The summed E-state index contributed by atoms with van der Waals surface area (Å²) in [5.74, 6) is 3.22. The van der Waals surface area contributed by atoms with Gasteiger partial charge in [-0.25, -0.2) is 34.9 Å². The summed E-state index contributed by atoms with van der Waals surface area (Å²) >= 11 is 1.85. The summed E-state index contributed by atoms with van der Waals surface area (Å²) in [4.78, 5) is 35.3. The lowest BCUT2D eigenvalue weighted by atomic mass is 9.82. The standard InChI is InChI=1S/C48H34N4.C41H24N4O.C41H24N4S/c1-48(2)41-24-13-12-23-37(41)38-29-40-39-28-34(31-15-6-3-7-16-31)25-26-43(39)52(44(40)30-42(38)48)36-22-14-21-35(27-36)47-50-45(32-17-8-4-9-18-32)49-46(51-47)33-19-10-5-11-20-33;2*42-25-26-17-19-28(20-18-26)36-24-35(27-9-2-1-3-10-27)43-41(44-36)29-11-8-12-30(21-29)45-37-15-6-4-13-31(37)33-23-40-34(22-38(33)45)32-14-5-7-16-39(32)46-40/h3-30H,1-2H3;2*1-24H. The van der Waals surface area contributed by atoms with Crippen LogP contribution in [0, 0.1) is 22.7 Å². The van der Waals surface area contributed by atoms with Crippen molar-refractivity contribution in [3.8, 4) is 153 Å². The van der Waals surface area contributed by atoms with E-state index in [9.17, 15) is 10.5 Å². The molecule has 1 aliphatic carbocycles. The molecule has 0 amide bonds. The lowest BCUT2D eigenvalue weighted by Gasteiger charge is -2.21. The highest BCUT2D eigenvalue weighted by molar-refractivity contribution is 7.25. The molecule has 13 nitrogen and oxygen atoms in total. The smallest absolute Gasteiger partial charge is 0.164 e. The van der Waals surface area contributed by atoms with E-state index in [-0.39, 0.29) is 5.41 Å². The molecule has 0 fully saturated rings. The lowest BCUT2D eigenvalue weighted by molar-refractivity contribution is 0.661. The zero-order valence-electron chi connectivity index (χ0n) is 78.1. The highest BCUT2D eigenvalue weighted by atomic mass is 32.1. The SMILES string of the molecule is CC1(C)c2ccccc2-c2cc3c4cc(-c5ccccc5)ccc4n(-c4cccc(-c5nc(-c6ccccc6)nc(-c6ccccc6)n5)c4)c3cc21.N#Cc1ccc(-c2cc(-c3ccccc3)nc(-c3cccc(-n4c5ccccc5c5cc6oc7ccccc7c6cc54)c3)n2)cc1.N#Cc1ccc(-c2cc(-c3ccccc3)nc(-c3cccc(-n4c5ccccc5c5cc6sc7ccccc7c6cc54)c3)n2)cc1. The van der Waals surface area contributed by atoms with Gasteiger partial charge in [-0.1, -0.05) is 329 Å². The van der Waals surface area contributed by atoms with Crippen LogP contribution in [0.25, 0.3) is 249 Å². The van der Waals surface area contributed by atoms with Crippen LogP contribution < -0.4 is 0 Å². The summed E-state index contributed by atoms with van der Waals surface area (Å²) in [6, 6.07) is 164. The number of nitriles is 2. The number of hydrogen-bond acceptors (Lipinski definition) is 11. The van der Waals surface area contributed by atoms with Crippen molar-refractivity contribution in [1.29, 1.82) is 10.5 Å². The second kappa shape index (κ2) is 35.3. The van der Waals surface area contributed by atoms with Gasteiger partial charge in [-0.05, 0) is 179 Å². The van der Waals surface area contributed by atoms with E-state index in [1.165, 1.54) is 86.1 Å². The van der Waals surface area contributed by atoms with Gasteiger partial charge < -0.3 is 18.1 Å². The number of furan rings is 1. The quantitative estimate of drug-likeness (QED) is 0.108. The van der Waals surface area contributed by atoms with Crippen LogP contribution in [-0.2, 0) is 5.41 Å². The van der Waals surface area contributed by atoms with Crippen LogP contribution in [0.2, 0.25) is 0 Å². The molecule has 19 aromatic carbocycles. The number of nitrogens with zero attached hydrogens (tertiary/aromatic N) is 12. The molecule has 0 unspecified atom stereocenters. The van der Waals surface area contributed by atoms with Gasteiger partial charge in [0, 0.05) is 136 Å². The Labute approximate surface area is 832 Å². The van der Waals surface area contributed by atoms with Crippen molar-refractivity contribution in [1.82, 2.24) is 48.6 Å². The zero-order chi connectivity index (χ0) is 96.0. The summed E-state index contributed by atoms with van der Waals surface area (Å²) in [7, 11) is 0. The average Bonchev–Trinajstić information content (AvgIpc) is 1.53. The highest BCUT2D eigenvalue weighted by Crippen LogP contribution is 2.53. The van der Waals surface area contributed by atoms with E-state index >= 15 is 0 Å². The fourth-order valence-corrected chi connectivity index (χ4v) is 22.0. The normalized spacial score (nSPS) is 12.0. The van der Waals surface area contributed by atoms with Crippen LogP contribution in [-0.4, -0.2) is 48.6 Å². The maximum atomic E-state index is 9.33. The van der Waals surface area contributed by atoms with Crippen LogP contribution in [0.5, 0.6) is 0 Å². The fraction of sp³-hybridized carbons (Fsp3) is 0.0231. The molecule has 0 saturated heterocycles. The van der Waals surface area contributed by atoms with Crippen LogP contribution in [0.4, 0.5) is 0 Å². The fourth-order valence-electron chi connectivity index (χ4n) is 20.9. The van der Waals surface area contributed by atoms with Gasteiger partial charge in [-0.3, -0.25) is 0 Å². The molecule has 0 saturated carbocycles. The Morgan fingerprint density at radius 3 is 1.11 bits per heavy atom. The first-order valence-corrected chi connectivity index (χ1v) is 48.9. The minimum absolute atomic E-state index is 0.120. The van der Waals surface area contributed by atoms with Crippen molar-refractivity contribution in [3.63, 3.8) is 0 Å². The number of hydrogen-bond donors (Lipinski definition) is 0. The Morgan fingerprint density at radius 1 is 0.222 bits per heavy atom. The van der Waals surface area contributed by atoms with Gasteiger partial charge in [-0.2, -0.15) is 10.5 Å². The third-order valence-electron chi connectivity index (χ3n) is 27.9. The number of thiophene rings is 1. The predicted octanol–water partition coefficient (Wildman–Crippen LogP) is 33.1. The van der Waals surface area contributed by atoms with Gasteiger partial charge in [0.05, 0.1) is 79.1 Å². The number of aromatic nitrogens is 10. The molecule has 14 heteroatoms. The molecular formula is C130H82N12OS. The van der Waals surface area contributed by atoms with E-state index in [4.69, 9.17) is 39.3 Å². The van der Waals surface area contributed by atoms with Gasteiger partial charge in [-0.15, -0.1) is 11.3 Å². The molecule has 674 valence electrons. The molecule has 0 spiro atoms. The Hall–Kier alpha value is -19.3. The summed E-state index contributed by atoms with van der Waals surface area (Å²) in [5, 5.41) is 30.7. The number of benzene rings is 19. The molecule has 28 rings (SSSR count). The van der Waals surface area contributed by atoms with Crippen molar-refractivity contribution >= 4 is 119 Å². The lowest BCUT2D eigenvalue weighted by Crippen LogP contribution is -2.14. The molecule has 1 aliphatic rings. The molecule has 0 aliphatic heterocycles. The monoisotopic (exact) mass is 1860 g/mol. The number of para-hydroxylation sites is 3.